The summed E-state index contributed by atoms with van der Waals surface area (Å²) in [6, 6.07) is 4.48. The third-order valence-electron chi connectivity index (χ3n) is 4.79. The molecule has 25 heavy (non-hydrogen) atoms. The fourth-order valence-corrected chi connectivity index (χ4v) is 4.40. The quantitative estimate of drug-likeness (QED) is 0.671. The average Bonchev–Trinajstić information content (AvgIpc) is 3.43. The van der Waals surface area contributed by atoms with E-state index in [0.717, 1.165) is 34.4 Å². The molecule has 0 amide bonds. The second kappa shape index (κ2) is 6.22. The molecule has 0 aromatic carbocycles. The predicted molar refractivity (Wildman–Crippen MR) is 94.3 cm³/mol. The Morgan fingerprint density at radius 2 is 1.84 bits per heavy atom. The van der Waals surface area contributed by atoms with Gasteiger partial charge in [-0.1, -0.05) is 0 Å². The second-order valence-corrected chi connectivity index (χ2v) is 7.51. The monoisotopic (exact) mass is 350 g/mol. The first-order chi connectivity index (χ1) is 12.4. The number of hydrogen-bond acceptors (Lipinski definition) is 6. The zero-order valence-electron chi connectivity index (χ0n) is 13.8. The van der Waals surface area contributed by atoms with E-state index in [9.17, 15) is 0 Å². The van der Waals surface area contributed by atoms with Crippen molar-refractivity contribution in [3.05, 3.63) is 42.1 Å². The smallest absolute Gasteiger partial charge is 0.198 e. The van der Waals surface area contributed by atoms with Crippen LogP contribution in [0.2, 0.25) is 0 Å². The fourth-order valence-electron chi connectivity index (χ4n) is 3.37. The first-order valence-corrected chi connectivity index (χ1v) is 9.58. The summed E-state index contributed by atoms with van der Waals surface area (Å²) in [5.74, 6) is 0.926. The maximum absolute atomic E-state index is 4.55. The van der Waals surface area contributed by atoms with Crippen molar-refractivity contribution in [2.24, 2.45) is 0 Å². The number of nitrogens with zero attached hydrogens (tertiary/aromatic N) is 6. The van der Waals surface area contributed by atoms with Crippen LogP contribution in [0.1, 0.15) is 43.0 Å². The fraction of sp³-hybridized carbons (Fsp3) is 0.389. The lowest BCUT2D eigenvalue weighted by Crippen LogP contribution is -2.08. The lowest BCUT2D eigenvalue weighted by molar-refractivity contribution is 0.642. The summed E-state index contributed by atoms with van der Waals surface area (Å²) in [5.41, 5.74) is 3.57. The number of fused-ring (bicyclic) bond motifs is 1. The summed E-state index contributed by atoms with van der Waals surface area (Å²) in [7, 11) is 0. The molecule has 2 aliphatic rings. The largest absolute Gasteiger partial charge is 0.299 e. The van der Waals surface area contributed by atoms with Crippen LogP contribution in [-0.4, -0.2) is 29.7 Å². The van der Waals surface area contributed by atoms with Gasteiger partial charge >= 0.3 is 0 Å². The molecule has 5 rings (SSSR count). The van der Waals surface area contributed by atoms with Crippen LogP contribution in [0.4, 0.5) is 0 Å². The molecule has 0 radical (unpaired) electrons. The Balaban J connectivity index is 1.54. The van der Waals surface area contributed by atoms with Gasteiger partial charge in [-0.3, -0.25) is 9.55 Å². The van der Waals surface area contributed by atoms with Gasteiger partial charge in [0.25, 0.3) is 0 Å². The summed E-state index contributed by atoms with van der Waals surface area (Å²) in [6.45, 7) is 0. The van der Waals surface area contributed by atoms with Gasteiger partial charge in [-0.05, 0) is 62.4 Å². The Bertz CT molecular complexity index is 903. The van der Waals surface area contributed by atoms with Crippen LogP contribution >= 0.6 is 11.8 Å². The average molecular weight is 350 g/mol. The van der Waals surface area contributed by atoms with Gasteiger partial charge in [0.15, 0.2) is 11.0 Å². The Labute approximate surface area is 150 Å². The van der Waals surface area contributed by atoms with Crippen molar-refractivity contribution >= 4 is 11.8 Å². The van der Waals surface area contributed by atoms with Crippen molar-refractivity contribution < 1.29 is 0 Å². The highest BCUT2D eigenvalue weighted by atomic mass is 32.2. The third kappa shape index (κ3) is 2.82. The Morgan fingerprint density at radius 3 is 2.68 bits per heavy atom. The minimum absolute atomic E-state index is 0.498. The van der Waals surface area contributed by atoms with Gasteiger partial charge in [-0.25, -0.2) is 9.97 Å². The number of aryl methyl sites for hydroxylation is 1. The van der Waals surface area contributed by atoms with Crippen molar-refractivity contribution in [2.45, 2.75) is 54.7 Å². The van der Waals surface area contributed by atoms with Crippen LogP contribution in [0.3, 0.4) is 0 Å². The van der Waals surface area contributed by atoms with Crippen LogP contribution in [0.25, 0.3) is 11.4 Å². The summed E-state index contributed by atoms with van der Waals surface area (Å²) in [6.07, 6.45) is 12.2. The van der Waals surface area contributed by atoms with Crippen molar-refractivity contribution in [2.75, 3.05) is 0 Å². The van der Waals surface area contributed by atoms with Crippen LogP contribution in [-0.2, 0) is 12.8 Å². The Morgan fingerprint density at radius 1 is 1.00 bits per heavy atom. The number of pyridine rings is 1. The summed E-state index contributed by atoms with van der Waals surface area (Å²) in [4.78, 5) is 13.1. The first kappa shape index (κ1) is 15.0. The normalized spacial score (nSPS) is 16.6. The lowest BCUT2D eigenvalue weighted by atomic mass is 9.98. The van der Waals surface area contributed by atoms with E-state index in [-0.39, 0.29) is 0 Å². The van der Waals surface area contributed by atoms with E-state index in [0.29, 0.717) is 6.04 Å². The standard InChI is InChI=1S/C18H18N6S/c1-2-4-15-14(3-1)17(21-11-20-15)25-18-23-22-16(24(18)13-5-6-13)12-7-9-19-10-8-12/h7-11,13H,1-6H2. The van der Waals surface area contributed by atoms with Gasteiger partial charge < -0.3 is 0 Å². The van der Waals surface area contributed by atoms with E-state index in [1.165, 1.54) is 36.9 Å². The van der Waals surface area contributed by atoms with Gasteiger partial charge in [-0.15, -0.1) is 10.2 Å². The van der Waals surface area contributed by atoms with Crippen molar-refractivity contribution in [3.8, 4) is 11.4 Å². The molecule has 2 aliphatic carbocycles. The minimum atomic E-state index is 0.498. The topological polar surface area (TPSA) is 69.4 Å². The Kier molecular flexibility index (Phi) is 3.73. The molecule has 0 atom stereocenters. The molecule has 0 N–H and O–H groups in total. The molecule has 0 bridgehead atoms. The summed E-state index contributed by atoms with van der Waals surface area (Å²) < 4.78 is 2.28. The van der Waals surface area contributed by atoms with Crippen LogP contribution in [0.5, 0.6) is 0 Å². The first-order valence-electron chi connectivity index (χ1n) is 8.76. The molecule has 0 aliphatic heterocycles. The highest BCUT2D eigenvalue weighted by Crippen LogP contribution is 2.42. The highest BCUT2D eigenvalue weighted by Gasteiger charge is 2.31. The molecular formula is C18H18N6S. The molecule has 3 aromatic rings. The second-order valence-electron chi connectivity index (χ2n) is 6.56. The van der Waals surface area contributed by atoms with E-state index in [1.54, 1.807) is 30.5 Å². The zero-order valence-corrected chi connectivity index (χ0v) is 14.6. The maximum Gasteiger partial charge on any atom is 0.198 e. The predicted octanol–water partition coefficient (Wildman–Crippen LogP) is 3.50. The van der Waals surface area contributed by atoms with Gasteiger partial charge in [0, 0.05) is 35.3 Å². The van der Waals surface area contributed by atoms with Crippen molar-refractivity contribution in [1.82, 2.24) is 29.7 Å². The maximum atomic E-state index is 4.55. The molecule has 0 unspecified atom stereocenters. The van der Waals surface area contributed by atoms with E-state index < -0.39 is 0 Å². The molecule has 1 saturated carbocycles. The number of hydrogen-bond donors (Lipinski definition) is 0. The van der Waals surface area contributed by atoms with Gasteiger partial charge in [0.1, 0.15) is 11.4 Å². The third-order valence-corrected chi connectivity index (χ3v) is 5.79. The van der Waals surface area contributed by atoms with E-state index in [2.05, 4.69) is 29.7 Å². The number of rotatable bonds is 4. The summed E-state index contributed by atoms with van der Waals surface area (Å²) >= 11 is 1.64. The van der Waals surface area contributed by atoms with Crippen LogP contribution in [0, 0.1) is 0 Å². The lowest BCUT2D eigenvalue weighted by Gasteiger charge is -2.16. The SMILES string of the molecule is c1cc(-c2nnc(Sc3ncnc4c3CCCC4)n2C2CC2)ccn1. The summed E-state index contributed by atoms with van der Waals surface area (Å²) in [5, 5.41) is 10.9. The number of aromatic nitrogens is 6. The van der Waals surface area contributed by atoms with Gasteiger partial charge in [0.2, 0.25) is 0 Å². The van der Waals surface area contributed by atoms with Crippen LogP contribution < -0.4 is 0 Å². The van der Waals surface area contributed by atoms with E-state index in [4.69, 9.17) is 0 Å². The minimum Gasteiger partial charge on any atom is -0.299 e. The van der Waals surface area contributed by atoms with Crippen molar-refractivity contribution in [1.29, 1.82) is 0 Å². The van der Waals surface area contributed by atoms with Crippen molar-refractivity contribution in [3.63, 3.8) is 0 Å². The van der Waals surface area contributed by atoms with Crippen LogP contribution in [0.15, 0.2) is 41.0 Å². The molecule has 3 aromatic heterocycles. The molecular weight excluding hydrogens is 332 g/mol. The van der Waals surface area contributed by atoms with Gasteiger partial charge in [-0.2, -0.15) is 0 Å². The highest BCUT2D eigenvalue weighted by molar-refractivity contribution is 7.99. The molecule has 0 spiro atoms. The molecule has 3 heterocycles. The molecule has 126 valence electrons. The molecule has 1 fully saturated rings. The molecule has 6 nitrogen and oxygen atoms in total. The Hall–Kier alpha value is -2.28. The van der Waals surface area contributed by atoms with E-state index >= 15 is 0 Å². The van der Waals surface area contributed by atoms with E-state index in [1.807, 2.05) is 12.1 Å². The molecule has 7 heteroatoms. The zero-order chi connectivity index (χ0) is 16.6. The molecule has 0 saturated heterocycles. The van der Waals surface area contributed by atoms with Gasteiger partial charge in [0.05, 0.1) is 0 Å².